The maximum absolute atomic E-state index is 3.76. The molecule has 0 amide bonds. The summed E-state index contributed by atoms with van der Waals surface area (Å²) in [5, 5.41) is 0. The highest BCUT2D eigenvalue weighted by atomic mass is 14.0. The monoisotopic (exact) mass is 244 g/mol. The van der Waals surface area contributed by atoms with Gasteiger partial charge in [0.05, 0.1) is 0 Å². The average molecular weight is 244 g/mol. The quantitative estimate of drug-likeness (QED) is 0.365. The van der Waals surface area contributed by atoms with E-state index < -0.39 is 0 Å². The number of benzene rings is 1. The van der Waals surface area contributed by atoms with Crippen molar-refractivity contribution in [3.05, 3.63) is 48.0 Å². The molecule has 1 aromatic rings. The van der Waals surface area contributed by atoms with Crippen LogP contribution in [0, 0.1) is 0 Å². The maximum atomic E-state index is 3.76. The third-order valence-corrected chi connectivity index (χ3v) is 3.47. The summed E-state index contributed by atoms with van der Waals surface area (Å²) in [4.78, 5) is 0. The number of unbranched alkanes of at least 4 members (excludes halogenated alkanes) is 5. The van der Waals surface area contributed by atoms with Crippen LogP contribution in [0.4, 0.5) is 0 Å². The predicted octanol–water partition coefficient (Wildman–Crippen LogP) is 5.71. The van der Waals surface area contributed by atoms with E-state index in [-0.39, 0.29) is 0 Å². The van der Waals surface area contributed by atoms with Crippen molar-refractivity contribution in [2.45, 2.75) is 64.7 Å². The van der Waals surface area contributed by atoms with Gasteiger partial charge in [0, 0.05) is 0 Å². The molecule has 0 saturated carbocycles. The van der Waals surface area contributed by atoms with E-state index in [4.69, 9.17) is 0 Å². The van der Waals surface area contributed by atoms with Crippen LogP contribution in [-0.4, -0.2) is 0 Å². The summed E-state index contributed by atoms with van der Waals surface area (Å²) >= 11 is 0. The van der Waals surface area contributed by atoms with Crippen LogP contribution in [0.3, 0.4) is 0 Å². The molecular formula is C18H28. The Hall–Kier alpha value is -1.04. The van der Waals surface area contributed by atoms with Gasteiger partial charge < -0.3 is 0 Å². The van der Waals surface area contributed by atoms with Gasteiger partial charge in [-0.15, -0.1) is 6.58 Å². The second-order valence-electron chi connectivity index (χ2n) is 5.16. The largest absolute Gasteiger partial charge is 0.103 e. The Kier molecular flexibility index (Phi) is 8.29. The van der Waals surface area contributed by atoms with E-state index in [0.29, 0.717) is 0 Å². The molecule has 0 N–H and O–H groups in total. The predicted molar refractivity (Wildman–Crippen MR) is 82.0 cm³/mol. The van der Waals surface area contributed by atoms with Crippen molar-refractivity contribution in [2.24, 2.45) is 0 Å². The van der Waals surface area contributed by atoms with Crippen molar-refractivity contribution in [3.8, 4) is 0 Å². The molecule has 0 bridgehead atoms. The first-order chi connectivity index (χ1) is 8.86. The Balaban J connectivity index is 2.22. The lowest BCUT2D eigenvalue weighted by molar-refractivity contribution is 0.666. The Morgan fingerprint density at radius 3 is 1.89 bits per heavy atom. The zero-order valence-electron chi connectivity index (χ0n) is 12.0. The summed E-state index contributed by atoms with van der Waals surface area (Å²) in [5.41, 5.74) is 2.98. The first-order valence-electron chi connectivity index (χ1n) is 7.55. The lowest BCUT2D eigenvalue weighted by Gasteiger charge is -2.04. The number of hydrogen-bond donors (Lipinski definition) is 0. The molecule has 0 atom stereocenters. The van der Waals surface area contributed by atoms with Crippen molar-refractivity contribution >= 4 is 0 Å². The highest BCUT2D eigenvalue weighted by molar-refractivity contribution is 5.22. The van der Waals surface area contributed by atoms with E-state index in [9.17, 15) is 0 Å². The lowest BCUT2D eigenvalue weighted by Crippen LogP contribution is -1.89. The molecule has 0 radical (unpaired) electrons. The van der Waals surface area contributed by atoms with Gasteiger partial charge in [-0.25, -0.2) is 0 Å². The molecule has 0 fully saturated rings. The van der Waals surface area contributed by atoms with Gasteiger partial charge in [-0.1, -0.05) is 56.5 Å². The summed E-state index contributed by atoms with van der Waals surface area (Å²) in [6, 6.07) is 9.25. The fourth-order valence-corrected chi connectivity index (χ4v) is 2.25. The first-order valence-corrected chi connectivity index (χ1v) is 7.55. The van der Waals surface area contributed by atoms with Gasteiger partial charge in [-0.2, -0.15) is 0 Å². The highest BCUT2D eigenvalue weighted by Crippen LogP contribution is 2.12. The molecule has 0 aromatic heterocycles. The molecular weight excluding hydrogens is 216 g/mol. The second kappa shape index (κ2) is 9.94. The summed E-state index contributed by atoms with van der Waals surface area (Å²) in [5.74, 6) is 0. The standard InChI is InChI=1S/C18H28/c1-3-5-7-9-11-17-13-15-18(16-14-17)12-10-8-6-4-2/h3,13-16H,1,4-12H2,2H3. The maximum Gasteiger partial charge on any atom is -0.0279 e. The summed E-state index contributed by atoms with van der Waals surface area (Å²) in [6.07, 6.45) is 13.6. The van der Waals surface area contributed by atoms with Crippen LogP contribution in [0.1, 0.15) is 63.0 Å². The van der Waals surface area contributed by atoms with Crippen molar-refractivity contribution < 1.29 is 0 Å². The molecule has 0 aliphatic rings. The van der Waals surface area contributed by atoms with Crippen LogP contribution in [0.2, 0.25) is 0 Å². The zero-order valence-corrected chi connectivity index (χ0v) is 12.0. The minimum absolute atomic E-state index is 1.15. The van der Waals surface area contributed by atoms with Gasteiger partial charge in [0.25, 0.3) is 0 Å². The topological polar surface area (TPSA) is 0 Å². The van der Waals surface area contributed by atoms with Gasteiger partial charge in [-0.3, -0.25) is 0 Å². The molecule has 0 heteroatoms. The number of rotatable bonds is 10. The molecule has 0 saturated heterocycles. The Morgan fingerprint density at radius 2 is 1.39 bits per heavy atom. The third-order valence-electron chi connectivity index (χ3n) is 3.47. The summed E-state index contributed by atoms with van der Waals surface area (Å²) < 4.78 is 0. The van der Waals surface area contributed by atoms with Crippen LogP contribution in [0.5, 0.6) is 0 Å². The normalized spacial score (nSPS) is 10.5. The minimum Gasteiger partial charge on any atom is -0.103 e. The fraction of sp³-hybridized carbons (Fsp3) is 0.556. The molecule has 100 valence electrons. The Labute approximate surface area is 113 Å². The number of hydrogen-bond acceptors (Lipinski definition) is 0. The van der Waals surface area contributed by atoms with E-state index in [0.717, 1.165) is 6.42 Å². The molecule has 0 aliphatic heterocycles. The van der Waals surface area contributed by atoms with Gasteiger partial charge in [-0.05, 0) is 49.7 Å². The van der Waals surface area contributed by atoms with Crippen LogP contribution in [0.15, 0.2) is 36.9 Å². The van der Waals surface area contributed by atoms with Crippen LogP contribution < -0.4 is 0 Å². The van der Waals surface area contributed by atoms with E-state index in [1.54, 1.807) is 0 Å². The molecule has 18 heavy (non-hydrogen) atoms. The number of aryl methyl sites for hydroxylation is 2. The Morgan fingerprint density at radius 1 is 0.833 bits per heavy atom. The average Bonchev–Trinajstić information content (AvgIpc) is 2.41. The van der Waals surface area contributed by atoms with E-state index in [1.807, 2.05) is 6.08 Å². The molecule has 0 aliphatic carbocycles. The minimum atomic E-state index is 1.15. The van der Waals surface area contributed by atoms with Crippen molar-refractivity contribution in [1.29, 1.82) is 0 Å². The Bertz CT molecular complexity index is 307. The van der Waals surface area contributed by atoms with Crippen LogP contribution >= 0.6 is 0 Å². The van der Waals surface area contributed by atoms with Gasteiger partial charge in [0.1, 0.15) is 0 Å². The molecule has 0 heterocycles. The molecule has 1 aromatic carbocycles. The summed E-state index contributed by atoms with van der Waals surface area (Å²) in [7, 11) is 0. The lowest BCUT2D eigenvalue weighted by atomic mass is 10.0. The molecule has 0 spiro atoms. The molecule has 1 rings (SSSR count). The highest BCUT2D eigenvalue weighted by Gasteiger charge is 1.96. The van der Waals surface area contributed by atoms with Crippen LogP contribution in [-0.2, 0) is 12.8 Å². The second-order valence-corrected chi connectivity index (χ2v) is 5.16. The van der Waals surface area contributed by atoms with E-state index >= 15 is 0 Å². The first kappa shape index (κ1) is 15.0. The van der Waals surface area contributed by atoms with Crippen LogP contribution in [0.25, 0.3) is 0 Å². The van der Waals surface area contributed by atoms with Crippen molar-refractivity contribution in [3.63, 3.8) is 0 Å². The van der Waals surface area contributed by atoms with E-state index in [1.165, 1.54) is 62.5 Å². The van der Waals surface area contributed by atoms with Crippen molar-refractivity contribution in [1.82, 2.24) is 0 Å². The fourth-order valence-electron chi connectivity index (χ4n) is 2.25. The smallest absolute Gasteiger partial charge is 0.0279 e. The summed E-state index contributed by atoms with van der Waals surface area (Å²) in [6.45, 7) is 6.02. The van der Waals surface area contributed by atoms with Gasteiger partial charge >= 0.3 is 0 Å². The zero-order chi connectivity index (χ0) is 13.1. The molecule has 0 unspecified atom stereocenters. The van der Waals surface area contributed by atoms with Crippen molar-refractivity contribution in [2.75, 3.05) is 0 Å². The van der Waals surface area contributed by atoms with Gasteiger partial charge in [0.2, 0.25) is 0 Å². The van der Waals surface area contributed by atoms with E-state index in [2.05, 4.69) is 37.8 Å². The molecule has 0 nitrogen and oxygen atoms in total. The number of allylic oxidation sites excluding steroid dienone is 1. The third kappa shape index (κ3) is 6.64. The SMILES string of the molecule is C=CCCCCc1ccc(CCCCCC)cc1. The van der Waals surface area contributed by atoms with Gasteiger partial charge in [0.15, 0.2) is 0 Å².